The Hall–Kier alpha value is -1.23. The Balaban J connectivity index is 1.81. The first-order chi connectivity index (χ1) is 11.8. The van der Waals surface area contributed by atoms with Crippen molar-refractivity contribution in [2.45, 2.75) is 13.0 Å². The van der Waals surface area contributed by atoms with Crippen molar-refractivity contribution in [3.05, 3.63) is 28.5 Å². The molecule has 2 rings (SSSR count). The van der Waals surface area contributed by atoms with Crippen LogP contribution in [-0.4, -0.2) is 63.3 Å². The van der Waals surface area contributed by atoms with Crippen LogP contribution in [0.15, 0.2) is 22.7 Å². The third-order valence-corrected chi connectivity index (χ3v) is 6.08. The fraction of sp³-hybridized carbons (Fsp3) is 0.533. The van der Waals surface area contributed by atoms with Gasteiger partial charge in [-0.05, 0) is 41.1 Å². The van der Waals surface area contributed by atoms with Gasteiger partial charge in [0, 0.05) is 19.6 Å². The minimum atomic E-state index is -3.43. The van der Waals surface area contributed by atoms with E-state index in [2.05, 4.69) is 21.2 Å². The van der Waals surface area contributed by atoms with Gasteiger partial charge in [0.1, 0.15) is 11.6 Å². The van der Waals surface area contributed by atoms with Crippen LogP contribution in [0.4, 0.5) is 4.39 Å². The molecule has 1 aliphatic rings. The quantitative estimate of drug-likeness (QED) is 0.689. The van der Waals surface area contributed by atoms with E-state index in [1.807, 2.05) is 0 Å². The molecule has 1 aliphatic heterocycles. The van der Waals surface area contributed by atoms with Crippen molar-refractivity contribution < 1.29 is 27.1 Å². The molecule has 1 amide bonds. The van der Waals surface area contributed by atoms with Gasteiger partial charge < -0.3 is 14.8 Å². The number of nitrogens with one attached hydrogen (secondary N) is 1. The van der Waals surface area contributed by atoms with Crippen LogP contribution in [0, 0.1) is 5.82 Å². The van der Waals surface area contributed by atoms with Gasteiger partial charge in [0.15, 0.2) is 6.10 Å². The number of carbonyl (C=O) groups is 1. The molecule has 1 aromatic carbocycles. The average molecular weight is 439 g/mol. The van der Waals surface area contributed by atoms with E-state index in [9.17, 15) is 17.6 Å². The molecule has 140 valence electrons. The zero-order chi connectivity index (χ0) is 18.4. The fourth-order valence-electron chi connectivity index (χ4n) is 2.22. The molecule has 1 heterocycles. The van der Waals surface area contributed by atoms with Crippen molar-refractivity contribution >= 4 is 31.9 Å². The lowest BCUT2D eigenvalue weighted by molar-refractivity contribution is -0.127. The molecule has 1 saturated heterocycles. The highest BCUT2D eigenvalue weighted by Gasteiger charge is 2.24. The normalized spacial score (nSPS) is 17.1. The van der Waals surface area contributed by atoms with Gasteiger partial charge in [-0.25, -0.2) is 12.8 Å². The van der Waals surface area contributed by atoms with Crippen molar-refractivity contribution in [1.29, 1.82) is 0 Å². The van der Waals surface area contributed by atoms with Gasteiger partial charge in [-0.2, -0.15) is 4.31 Å². The topological polar surface area (TPSA) is 84.9 Å². The second-order valence-corrected chi connectivity index (χ2v) is 8.40. The van der Waals surface area contributed by atoms with E-state index >= 15 is 0 Å². The first kappa shape index (κ1) is 20.1. The molecule has 0 spiro atoms. The number of benzene rings is 1. The fourth-order valence-corrected chi connectivity index (χ4v) is 3.98. The molecule has 7 nitrogen and oxygen atoms in total. The van der Waals surface area contributed by atoms with Gasteiger partial charge in [0.2, 0.25) is 10.0 Å². The van der Waals surface area contributed by atoms with Crippen molar-refractivity contribution in [1.82, 2.24) is 9.62 Å². The van der Waals surface area contributed by atoms with Crippen LogP contribution >= 0.6 is 15.9 Å². The summed E-state index contributed by atoms with van der Waals surface area (Å²) in [6, 6.07) is 3.86. The van der Waals surface area contributed by atoms with Crippen molar-refractivity contribution in [3.8, 4) is 5.75 Å². The minimum absolute atomic E-state index is 0.0171. The van der Waals surface area contributed by atoms with Crippen LogP contribution in [0.5, 0.6) is 5.75 Å². The number of carbonyl (C=O) groups excluding carboxylic acids is 1. The molecule has 1 fully saturated rings. The standard InChI is InChI=1S/C15H20BrFN2O5S/c1-11(24-14-3-2-12(17)10-13(14)16)15(20)18-4-9-25(21,22)19-5-7-23-8-6-19/h2-3,10-11H,4-9H2,1H3,(H,18,20). The van der Waals surface area contributed by atoms with Crippen molar-refractivity contribution in [2.24, 2.45) is 0 Å². The molecule has 25 heavy (non-hydrogen) atoms. The van der Waals surface area contributed by atoms with E-state index in [-0.39, 0.29) is 12.3 Å². The Morgan fingerprint density at radius 2 is 2.12 bits per heavy atom. The molecular formula is C15H20BrFN2O5S. The summed E-state index contributed by atoms with van der Waals surface area (Å²) in [5.74, 6) is -0.742. The van der Waals surface area contributed by atoms with E-state index in [1.54, 1.807) is 0 Å². The van der Waals surface area contributed by atoms with E-state index in [4.69, 9.17) is 9.47 Å². The van der Waals surface area contributed by atoms with Crippen molar-refractivity contribution in [3.63, 3.8) is 0 Å². The predicted octanol–water partition coefficient (Wildman–Crippen LogP) is 1.13. The number of ether oxygens (including phenoxy) is 2. The number of amides is 1. The molecular weight excluding hydrogens is 419 g/mol. The van der Waals surface area contributed by atoms with Gasteiger partial charge in [-0.3, -0.25) is 4.79 Å². The molecule has 1 N–H and O–H groups in total. The summed E-state index contributed by atoms with van der Waals surface area (Å²) in [7, 11) is -3.43. The Bertz CT molecular complexity index is 710. The second kappa shape index (κ2) is 8.93. The molecule has 0 aliphatic carbocycles. The summed E-state index contributed by atoms with van der Waals surface area (Å²) >= 11 is 3.16. The van der Waals surface area contributed by atoms with E-state index in [0.717, 1.165) is 0 Å². The molecule has 1 unspecified atom stereocenters. The number of rotatable bonds is 7. The van der Waals surface area contributed by atoms with Gasteiger partial charge >= 0.3 is 0 Å². The summed E-state index contributed by atoms with van der Waals surface area (Å²) < 4.78 is 49.7. The second-order valence-electron chi connectivity index (χ2n) is 5.45. The minimum Gasteiger partial charge on any atom is -0.480 e. The average Bonchev–Trinajstić information content (AvgIpc) is 2.58. The molecule has 0 saturated carbocycles. The first-order valence-electron chi connectivity index (χ1n) is 7.74. The number of sulfonamides is 1. The SMILES string of the molecule is CC(Oc1ccc(F)cc1Br)C(=O)NCCS(=O)(=O)N1CCOCC1. The van der Waals surface area contributed by atoms with Crippen LogP contribution < -0.4 is 10.1 Å². The summed E-state index contributed by atoms with van der Waals surface area (Å²) in [6.45, 7) is 2.92. The van der Waals surface area contributed by atoms with Crippen LogP contribution in [0.2, 0.25) is 0 Å². The molecule has 0 bridgehead atoms. The zero-order valence-corrected chi connectivity index (χ0v) is 16.1. The lowest BCUT2D eigenvalue weighted by Gasteiger charge is -2.26. The monoisotopic (exact) mass is 438 g/mol. The highest BCUT2D eigenvalue weighted by molar-refractivity contribution is 9.10. The Kier molecular flexibility index (Phi) is 7.17. The Morgan fingerprint density at radius 1 is 1.44 bits per heavy atom. The van der Waals surface area contributed by atoms with Gasteiger partial charge in [0.25, 0.3) is 5.91 Å². The van der Waals surface area contributed by atoms with Crippen LogP contribution in [0.25, 0.3) is 0 Å². The maximum absolute atomic E-state index is 13.0. The molecule has 10 heteroatoms. The number of morpholine rings is 1. The first-order valence-corrected chi connectivity index (χ1v) is 10.1. The molecule has 1 aromatic rings. The smallest absolute Gasteiger partial charge is 0.260 e. The largest absolute Gasteiger partial charge is 0.480 e. The highest BCUT2D eigenvalue weighted by Crippen LogP contribution is 2.26. The number of halogens is 2. The van der Waals surface area contributed by atoms with E-state index in [0.29, 0.717) is 36.5 Å². The highest BCUT2D eigenvalue weighted by atomic mass is 79.9. The lowest BCUT2D eigenvalue weighted by atomic mass is 10.3. The summed E-state index contributed by atoms with van der Waals surface area (Å²) in [5, 5.41) is 2.54. The number of nitrogens with zero attached hydrogens (tertiary/aromatic N) is 1. The van der Waals surface area contributed by atoms with Gasteiger partial charge in [0.05, 0.1) is 23.4 Å². The van der Waals surface area contributed by atoms with E-state index < -0.39 is 27.9 Å². The van der Waals surface area contributed by atoms with Crippen LogP contribution in [0.1, 0.15) is 6.92 Å². The molecule has 1 atom stereocenters. The van der Waals surface area contributed by atoms with Crippen molar-refractivity contribution in [2.75, 3.05) is 38.6 Å². The molecule has 0 radical (unpaired) electrons. The van der Waals surface area contributed by atoms with Gasteiger partial charge in [-0.15, -0.1) is 0 Å². The maximum atomic E-state index is 13.0. The Morgan fingerprint density at radius 3 is 2.76 bits per heavy atom. The predicted molar refractivity (Wildman–Crippen MR) is 93.4 cm³/mol. The van der Waals surface area contributed by atoms with Crippen LogP contribution in [-0.2, 0) is 19.6 Å². The summed E-state index contributed by atoms with van der Waals surface area (Å²) in [6.07, 6.45) is -0.854. The van der Waals surface area contributed by atoms with Gasteiger partial charge in [-0.1, -0.05) is 0 Å². The maximum Gasteiger partial charge on any atom is 0.260 e. The Labute approximate surface area is 154 Å². The van der Waals surface area contributed by atoms with Crippen LogP contribution in [0.3, 0.4) is 0 Å². The number of hydrogen-bond donors (Lipinski definition) is 1. The zero-order valence-electron chi connectivity index (χ0n) is 13.7. The molecule has 0 aromatic heterocycles. The lowest BCUT2D eigenvalue weighted by Crippen LogP contribution is -2.45. The summed E-state index contributed by atoms with van der Waals surface area (Å²) in [4.78, 5) is 12.0. The number of hydrogen-bond acceptors (Lipinski definition) is 5. The van der Waals surface area contributed by atoms with E-state index in [1.165, 1.54) is 29.4 Å². The summed E-state index contributed by atoms with van der Waals surface area (Å²) in [5.41, 5.74) is 0. The third-order valence-electron chi connectivity index (χ3n) is 3.59. The third kappa shape index (κ3) is 5.91.